The maximum absolute atomic E-state index is 15.1. The van der Waals surface area contributed by atoms with Crippen molar-refractivity contribution in [2.75, 3.05) is 11.4 Å². The highest BCUT2D eigenvalue weighted by Gasteiger charge is 2.36. The van der Waals surface area contributed by atoms with Crippen LogP contribution in [0.3, 0.4) is 0 Å². The summed E-state index contributed by atoms with van der Waals surface area (Å²) in [6.45, 7) is 1.40. The second-order valence-corrected chi connectivity index (χ2v) is 8.62. The van der Waals surface area contributed by atoms with E-state index < -0.39 is 36.1 Å². The smallest absolute Gasteiger partial charge is 0.287 e. The number of furan rings is 1. The zero-order valence-electron chi connectivity index (χ0n) is 19.5. The lowest BCUT2D eigenvalue weighted by atomic mass is 10.0. The largest absolute Gasteiger partial charge is 0.459 e. The van der Waals surface area contributed by atoms with Crippen LogP contribution < -0.4 is 15.5 Å². The van der Waals surface area contributed by atoms with Crippen molar-refractivity contribution in [3.63, 3.8) is 0 Å². The average molecular weight is 478 g/mol. The van der Waals surface area contributed by atoms with Gasteiger partial charge in [0.15, 0.2) is 5.76 Å². The molecule has 182 valence electrons. The molecule has 1 fully saturated rings. The molecule has 0 unspecified atom stereocenters. The molecule has 35 heavy (non-hydrogen) atoms. The number of aryl methyl sites for hydroxylation is 1. The summed E-state index contributed by atoms with van der Waals surface area (Å²) >= 11 is 0. The molecule has 1 aliphatic carbocycles. The first kappa shape index (κ1) is 24.2. The summed E-state index contributed by atoms with van der Waals surface area (Å²) in [5, 5.41) is 5.55. The topological polar surface area (TPSA) is 91.7 Å². The average Bonchev–Trinajstić information content (AvgIpc) is 3.57. The Morgan fingerprint density at radius 1 is 1.03 bits per heavy atom. The third-order valence-corrected chi connectivity index (χ3v) is 6.20. The van der Waals surface area contributed by atoms with E-state index in [1.807, 2.05) is 19.1 Å². The minimum atomic E-state index is -1.26. The van der Waals surface area contributed by atoms with Crippen LogP contribution in [0.15, 0.2) is 71.3 Å². The summed E-state index contributed by atoms with van der Waals surface area (Å²) < 4.78 is 20.1. The van der Waals surface area contributed by atoms with Gasteiger partial charge in [-0.2, -0.15) is 0 Å². The Kier molecular flexibility index (Phi) is 7.60. The van der Waals surface area contributed by atoms with Gasteiger partial charge in [-0.05, 0) is 49.6 Å². The van der Waals surface area contributed by atoms with E-state index in [2.05, 4.69) is 10.6 Å². The molecule has 0 radical (unpaired) electrons. The van der Waals surface area contributed by atoms with Crippen LogP contribution in [0, 0.1) is 12.7 Å². The Morgan fingerprint density at radius 2 is 1.74 bits per heavy atom. The van der Waals surface area contributed by atoms with Crippen LogP contribution in [0.25, 0.3) is 0 Å². The van der Waals surface area contributed by atoms with Crippen molar-refractivity contribution >= 4 is 23.4 Å². The van der Waals surface area contributed by atoms with Crippen LogP contribution in [-0.2, 0) is 9.59 Å². The lowest BCUT2D eigenvalue weighted by Gasteiger charge is -2.33. The predicted octanol–water partition coefficient (Wildman–Crippen LogP) is 4.29. The highest BCUT2D eigenvalue weighted by Crippen LogP contribution is 2.32. The molecular weight excluding hydrogens is 449 g/mol. The molecule has 1 aliphatic rings. The van der Waals surface area contributed by atoms with E-state index >= 15 is 4.39 Å². The van der Waals surface area contributed by atoms with Crippen molar-refractivity contribution < 1.29 is 23.2 Å². The van der Waals surface area contributed by atoms with Gasteiger partial charge in [0.25, 0.3) is 5.91 Å². The van der Waals surface area contributed by atoms with Gasteiger partial charge in [0, 0.05) is 17.3 Å². The van der Waals surface area contributed by atoms with E-state index in [9.17, 15) is 14.4 Å². The van der Waals surface area contributed by atoms with Crippen molar-refractivity contribution in [1.29, 1.82) is 0 Å². The standard InChI is InChI=1S/C27H28FN3O4/c1-18-9-2-7-14-22(18)31(24(32)17-29-26(33)23-15-8-16-35-23)25(20-12-5-6-13-21(20)28)27(34)30-19-10-3-4-11-19/h2,5-9,12-16,19,25H,3-4,10-11,17H2,1H3,(H,29,33)(H,30,34)/t25-/m1/s1. The summed E-state index contributed by atoms with van der Waals surface area (Å²) in [6.07, 6.45) is 5.06. The van der Waals surface area contributed by atoms with Gasteiger partial charge < -0.3 is 15.1 Å². The maximum Gasteiger partial charge on any atom is 0.287 e. The number of para-hydroxylation sites is 1. The Bertz CT molecular complexity index is 1190. The summed E-state index contributed by atoms with van der Waals surface area (Å²) in [6, 6.07) is 14.8. The lowest BCUT2D eigenvalue weighted by Crippen LogP contribution is -2.49. The number of rotatable bonds is 8. The predicted molar refractivity (Wildman–Crippen MR) is 129 cm³/mol. The van der Waals surface area contributed by atoms with Crippen molar-refractivity contribution in [2.45, 2.75) is 44.7 Å². The fourth-order valence-corrected chi connectivity index (χ4v) is 4.43. The molecular formula is C27H28FN3O4. The quantitative estimate of drug-likeness (QED) is 0.506. The third kappa shape index (κ3) is 5.59. The first-order valence-corrected chi connectivity index (χ1v) is 11.7. The Hall–Kier alpha value is -3.94. The number of carbonyl (C=O) groups excluding carboxylic acids is 3. The number of carbonyl (C=O) groups is 3. The fraction of sp³-hybridized carbons (Fsp3) is 0.296. The molecule has 0 saturated heterocycles. The van der Waals surface area contributed by atoms with Crippen LogP contribution in [0.2, 0.25) is 0 Å². The summed E-state index contributed by atoms with van der Waals surface area (Å²) in [5.74, 6) is -2.12. The third-order valence-electron chi connectivity index (χ3n) is 6.20. The van der Waals surface area contributed by atoms with Gasteiger partial charge in [-0.25, -0.2) is 4.39 Å². The van der Waals surface area contributed by atoms with Crippen molar-refractivity contribution in [3.8, 4) is 0 Å². The molecule has 1 heterocycles. The lowest BCUT2D eigenvalue weighted by molar-refractivity contribution is -0.126. The summed E-state index contributed by atoms with van der Waals surface area (Å²) in [4.78, 5) is 40.9. The highest BCUT2D eigenvalue weighted by molar-refractivity contribution is 6.04. The van der Waals surface area contributed by atoms with Gasteiger partial charge >= 0.3 is 0 Å². The van der Waals surface area contributed by atoms with Gasteiger partial charge in [0.05, 0.1) is 12.8 Å². The van der Waals surface area contributed by atoms with E-state index in [0.717, 1.165) is 31.2 Å². The summed E-state index contributed by atoms with van der Waals surface area (Å²) in [5.41, 5.74) is 1.27. The van der Waals surface area contributed by atoms with Crippen LogP contribution in [0.4, 0.5) is 10.1 Å². The molecule has 3 amide bonds. The Labute approximate surface area is 203 Å². The van der Waals surface area contributed by atoms with Crippen molar-refractivity contribution in [3.05, 3.63) is 89.6 Å². The van der Waals surface area contributed by atoms with E-state index in [4.69, 9.17) is 4.42 Å². The Morgan fingerprint density at radius 3 is 2.43 bits per heavy atom. The molecule has 8 heteroatoms. The maximum atomic E-state index is 15.1. The highest BCUT2D eigenvalue weighted by atomic mass is 19.1. The van der Waals surface area contributed by atoms with Gasteiger partial charge in [-0.3, -0.25) is 19.3 Å². The van der Waals surface area contributed by atoms with E-state index in [1.165, 1.54) is 35.4 Å². The number of nitrogens with zero attached hydrogens (tertiary/aromatic N) is 1. The number of benzene rings is 2. The molecule has 0 aliphatic heterocycles. The SMILES string of the molecule is Cc1ccccc1N(C(=O)CNC(=O)c1ccco1)[C@@H](C(=O)NC1CCCC1)c1ccccc1F. The van der Waals surface area contributed by atoms with E-state index in [0.29, 0.717) is 5.69 Å². The van der Waals surface area contributed by atoms with Crippen LogP contribution in [0.1, 0.15) is 53.4 Å². The van der Waals surface area contributed by atoms with E-state index in [1.54, 1.807) is 24.3 Å². The van der Waals surface area contributed by atoms with Crippen LogP contribution in [0.5, 0.6) is 0 Å². The minimum absolute atomic E-state index is 0.0238. The van der Waals surface area contributed by atoms with Crippen molar-refractivity contribution in [2.24, 2.45) is 0 Å². The number of halogens is 1. The molecule has 2 N–H and O–H groups in total. The first-order chi connectivity index (χ1) is 17.0. The number of nitrogens with one attached hydrogen (secondary N) is 2. The van der Waals surface area contributed by atoms with E-state index in [-0.39, 0.29) is 17.4 Å². The molecule has 1 saturated carbocycles. The second-order valence-electron chi connectivity index (χ2n) is 8.62. The molecule has 0 bridgehead atoms. The fourth-order valence-electron chi connectivity index (χ4n) is 4.43. The van der Waals surface area contributed by atoms with Gasteiger partial charge in [-0.15, -0.1) is 0 Å². The minimum Gasteiger partial charge on any atom is -0.459 e. The zero-order chi connectivity index (χ0) is 24.8. The molecule has 0 spiro atoms. The number of amides is 3. The number of hydrogen-bond donors (Lipinski definition) is 2. The Balaban J connectivity index is 1.71. The molecule has 4 rings (SSSR count). The summed E-state index contributed by atoms with van der Waals surface area (Å²) in [7, 11) is 0. The van der Waals surface area contributed by atoms with Crippen LogP contribution >= 0.6 is 0 Å². The first-order valence-electron chi connectivity index (χ1n) is 11.7. The molecule has 3 aromatic rings. The van der Waals surface area contributed by atoms with Gasteiger partial charge in [-0.1, -0.05) is 49.2 Å². The molecule has 1 atom stereocenters. The molecule has 2 aromatic carbocycles. The number of anilines is 1. The van der Waals surface area contributed by atoms with Gasteiger partial charge in [0.2, 0.25) is 11.8 Å². The number of hydrogen-bond acceptors (Lipinski definition) is 4. The van der Waals surface area contributed by atoms with Crippen LogP contribution in [-0.4, -0.2) is 30.3 Å². The second kappa shape index (κ2) is 11.0. The molecule has 7 nitrogen and oxygen atoms in total. The monoisotopic (exact) mass is 477 g/mol. The zero-order valence-corrected chi connectivity index (χ0v) is 19.5. The van der Waals surface area contributed by atoms with Crippen molar-refractivity contribution in [1.82, 2.24) is 10.6 Å². The molecule has 1 aromatic heterocycles. The normalized spacial score (nSPS) is 14.3. The van der Waals surface area contributed by atoms with Gasteiger partial charge in [0.1, 0.15) is 11.9 Å².